The van der Waals surface area contributed by atoms with E-state index in [0.29, 0.717) is 11.6 Å². The predicted octanol–water partition coefficient (Wildman–Crippen LogP) is 2.31. The first-order valence-corrected chi connectivity index (χ1v) is 3.39. The normalized spacial score (nSPS) is 17.3. The molecule has 0 aromatic carbocycles. The van der Waals surface area contributed by atoms with Crippen LogP contribution in [0.15, 0.2) is 40.4 Å². The molecule has 1 heterocycles. The fraction of sp³-hybridized carbons (Fsp3) is 0.125. The highest BCUT2D eigenvalue weighted by Gasteiger charge is 1.92. The lowest BCUT2D eigenvalue weighted by molar-refractivity contribution is 1.20. The number of nitrogens with zero attached hydrogens (tertiary/aromatic N) is 1. The number of halogens is 1. The molecule has 0 saturated carbocycles. The van der Waals surface area contributed by atoms with Gasteiger partial charge in [0.1, 0.15) is 0 Å². The van der Waals surface area contributed by atoms with Gasteiger partial charge in [0.15, 0.2) is 0 Å². The number of rotatable bonds is 1. The van der Waals surface area contributed by atoms with Crippen molar-refractivity contribution in [1.82, 2.24) is 0 Å². The molecule has 1 rings (SSSR count). The average molecular weight is 154 g/mol. The molecule has 0 bridgehead atoms. The second kappa shape index (κ2) is 3.37. The largest absolute Gasteiger partial charge is 0.287 e. The molecular weight excluding hydrogens is 146 g/mol. The summed E-state index contributed by atoms with van der Waals surface area (Å²) >= 11 is 5.68. The molecule has 2 heteroatoms. The number of allylic oxidation sites excluding steroid dienone is 3. The maximum atomic E-state index is 5.68. The van der Waals surface area contributed by atoms with Crippen molar-refractivity contribution in [3.8, 4) is 0 Å². The van der Waals surface area contributed by atoms with E-state index in [1.165, 1.54) is 0 Å². The number of aliphatic imine (C=N–C) groups is 1. The van der Waals surface area contributed by atoms with Gasteiger partial charge >= 0.3 is 0 Å². The van der Waals surface area contributed by atoms with E-state index in [9.17, 15) is 0 Å². The summed E-state index contributed by atoms with van der Waals surface area (Å²) in [6.07, 6.45) is 7.16. The smallest absolute Gasteiger partial charge is 0.0640 e. The molecule has 0 N–H and O–H groups in total. The van der Waals surface area contributed by atoms with E-state index in [0.717, 1.165) is 5.57 Å². The lowest BCUT2D eigenvalue weighted by atomic mass is 10.2. The van der Waals surface area contributed by atoms with Gasteiger partial charge in [-0.2, -0.15) is 0 Å². The molecule has 1 aliphatic rings. The Balaban J connectivity index is 2.83. The Bertz CT molecular complexity index is 223. The number of hydrogen-bond acceptors (Lipinski definition) is 1. The van der Waals surface area contributed by atoms with Crippen molar-refractivity contribution in [3.63, 3.8) is 0 Å². The van der Waals surface area contributed by atoms with Crippen LogP contribution in [0.2, 0.25) is 0 Å². The minimum Gasteiger partial charge on any atom is -0.287 e. The third-order valence-electron chi connectivity index (χ3n) is 1.21. The first kappa shape index (κ1) is 7.29. The van der Waals surface area contributed by atoms with Gasteiger partial charge in [0, 0.05) is 6.21 Å². The summed E-state index contributed by atoms with van der Waals surface area (Å²) in [7, 11) is 0. The molecular formula is C8H8ClN. The van der Waals surface area contributed by atoms with Crippen LogP contribution in [0.3, 0.4) is 0 Å². The second-order valence-electron chi connectivity index (χ2n) is 1.97. The molecule has 1 aliphatic heterocycles. The second-order valence-corrected chi connectivity index (χ2v) is 2.40. The summed E-state index contributed by atoms with van der Waals surface area (Å²) in [5.74, 6) is 0. The van der Waals surface area contributed by atoms with Crippen LogP contribution < -0.4 is 0 Å². The highest BCUT2D eigenvalue weighted by molar-refractivity contribution is 6.39. The summed E-state index contributed by atoms with van der Waals surface area (Å²) in [6, 6.07) is 0. The van der Waals surface area contributed by atoms with E-state index < -0.39 is 0 Å². The van der Waals surface area contributed by atoms with E-state index in [2.05, 4.69) is 11.6 Å². The maximum Gasteiger partial charge on any atom is 0.0640 e. The summed E-state index contributed by atoms with van der Waals surface area (Å²) in [5, 5.41) is 0.664. The van der Waals surface area contributed by atoms with Gasteiger partial charge in [0.2, 0.25) is 0 Å². The third kappa shape index (κ3) is 1.85. The van der Waals surface area contributed by atoms with Crippen LogP contribution in [0.1, 0.15) is 0 Å². The van der Waals surface area contributed by atoms with Crippen molar-refractivity contribution in [1.29, 1.82) is 0 Å². The SMILES string of the molecule is C=CC1=CC=C(Cl)C=NC1. The van der Waals surface area contributed by atoms with Crippen LogP contribution in [-0.4, -0.2) is 12.8 Å². The zero-order valence-corrected chi connectivity index (χ0v) is 6.30. The Morgan fingerprint density at radius 2 is 2.40 bits per heavy atom. The summed E-state index contributed by atoms with van der Waals surface area (Å²) < 4.78 is 0. The van der Waals surface area contributed by atoms with Crippen LogP contribution in [0.25, 0.3) is 0 Å². The molecule has 0 aliphatic carbocycles. The molecule has 0 saturated heterocycles. The zero-order chi connectivity index (χ0) is 7.40. The minimum absolute atomic E-state index is 0.664. The molecule has 0 spiro atoms. The lowest BCUT2D eigenvalue weighted by Gasteiger charge is -1.89. The van der Waals surface area contributed by atoms with Crippen LogP contribution in [0.5, 0.6) is 0 Å². The molecule has 0 amide bonds. The third-order valence-corrected chi connectivity index (χ3v) is 1.43. The molecule has 0 aromatic heterocycles. The van der Waals surface area contributed by atoms with Crippen molar-refractivity contribution < 1.29 is 0 Å². The number of hydrogen-bond donors (Lipinski definition) is 0. The van der Waals surface area contributed by atoms with Gasteiger partial charge in [-0.3, -0.25) is 4.99 Å². The first-order chi connectivity index (χ1) is 4.83. The zero-order valence-electron chi connectivity index (χ0n) is 5.55. The predicted molar refractivity (Wildman–Crippen MR) is 45.6 cm³/mol. The van der Waals surface area contributed by atoms with Crippen LogP contribution in [0.4, 0.5) is 0 Å². The first-order valence-electron chi connectivity index (χ1n) is 3.01. The van der Waals surface area contributed by atoms with Crippen molar-refractivity contribution in [2.45, 2.75) is 0 Å². The monoisotopic (exact) mass is 153 g/mol. The van der Waals surface area contributed by atoms with E-state index in [1.807, 2.05) is 12.2 Å². The van der Waals surface area contributed by atoms with E-state index in [-0.39, 0.29) is 0 Å². The van der Waals surface area contributed by atoms with Crippen LogP contribution in [0, 0.1) is 0 Å². The molecule has 1 nitrogen and oxygen atoms in total. The van der Waals surface area contributed by atoms with Crippen LogP contribution in [-0.2, 0) is 0 Å². The highest BCUT2D eigenvalue weighted by atomic mass is 35.5. The van der Waals surface area contributed by atoms with Gasteiger partial charge in [-0.25, -0.2) is 0 Å². The Labute approximate surface area is 65.4 Å². The quantitative estimate of drug-likeness (QED) is 0.548. The van der Waals surface area contributed by atoms with Gasteiger partial charge in [-0.15, -0.1) is 0 Å². The van der Waals surface area contributed by atoms with Gasteiger partial charge in [-0.1, -0.05) is 30.3 Å². The van der Waals surface area contributed by atoms with Crippen molar-refractivity contribution in [3.05, 3.63) is 35.4 Å². The van der Waals surface area contributed by atoms with Gasteiger partial charge in [0.25, 0.3) is 0 Å². The van der Waals surface area contributed by atoms with E-state index in [1.54, 1.807) is 12.3 Å². The molecule has 0 unspecified atom stereocenters. The minimum atomic E-state index is 0.664. The molecule has 0 atom stereocenters. The van der Waals surface area contributed by atoms with Gasteiger partial charge in [-0.05, 0) is 11.6 Å². The molecule has 0 aromatic rings. The maximum absolute atomic E-state index is 5.68. The standard InChI is InChI=1S/C8H8ClN/c1-2-7-3-4-8(9)6-10-5-7/h2-4,6H,1,5H2. The lowest BCUT2D eigenvalue weighted by Crippen LogP contribution is -1.80. The molecule has 0 fully saturated rings. The van der Waals surface area contributed by atoms with Crippen molar-refractivity contribution in [2.24, 2.45) is 4.99 Å². The van der Waals surface area contributed by atoms with Crippen molar-refractivity contribution >= 4 is 17.8 Å². The summed E-state index contributed by atoms with van der Waals surface area (Å²) in [4.78, 5) is 4.04. The van der Waals surface area contributed by atoms with Gasteiger partial charge < -0.3 is 0 Å². The fourth-order valence-corrected chi connectivity index (χ4v) is 0.785. The average Bonchev–Trinajstić information content (AvgIpc) is 2.14. The van der Waals surface area contributed by atoms with E-state index >= 15 is 0 Å². The van der Waals surface area contributed by atoms with E-state index in [4.69, 9.17) is 11.6 Å². The Morgan fingerprint density at radius 1 is 1.60 bits per heavy atom. The molecule has 0 radical (unpaired) electrons. The Hall–Kier alpha value is -0.820. The summed E-state index contributed by atoms with van der Waals surface area (Å²) in [6.45, 7) is 4.31. The molecule has 10 heavy (non-hydrogen) atoms. The molecule has 52 valence electrons. The Kier molecular flexibility index (Phi) is 2.46. The topological polar surface area (TPSA) is 12.4 Å². The van der Waals surface area contributed by atoms with Crippen LogP contribution >= 0.6 is 11.6 Å². The van der Waals surface area contributed by atoms with Crippen molar-refractivity contribution in [2.75, 3.05) is 6.54 Å². The highest BCUT2D eigenvalue weighted by Crippen LogP contribution is 2.06. The fourth-order valence-electron chi connectivity index (χ4n) is 0.653. The summed E-state index contributed by atoms with van der Waals surface area (Å²) in [5.41, 5.74) is 1.09. The van der Waals surface area contributed by atoms with Gasteiger partial charge in [0.05, 0.1) is 11.6 Å². The Morgan fingerprint density at radius 3 is 3.10 bits per heavy atom.